The van der Waals surface area contributed by atoms with E-state index in [4.69, 9.17) is 11.6 Å². The van der Waals surface area contributed by atoms with Crippen molar-refractivity contribution in [1.29, 1.82) is 0 Å². The van der Waals surface area contributed by atoms with Crippen molar-refractivity contribution in [1.82, 2.24) is 9.97 Å². The van der Waals surface area contributed by atoms with E-state index < -0.39 is 0 Å². The van der Waals surface area contributed by atoms with Crippen LogP contribution in [0.2, 0.25) is 5.02 Å². The Morgan fingerprint density at radius 3 is 2.55 bits per heavy atom. The summed E-state index contributed by atoms with van der Waals surface area (Å²) >= 11 is 5.99. The Kier molecular flexibility index (Phi) is 4.79. The van der Waals surface area contributed by atoms with Crippen molar-refractivity contribution in [3.05, 3.63) is 41.2 Å². The predicted octanol–water partition coefficient (Wildman–Crippen LogP) is 4.03. The van der Waals surface area contributed by atoms with E-state index in [-0.39, 0.29) is 0 Å². The third-order valence-electron chi connectivity index (χ3n) is 3.01. The van der Waals surface area contributed by atoms with Crippen molar-refractivity contribution in [2.45, 2.75) is 20.8 Å². The van der Waals surface area contributed by atoms with Crippen LogP contribution in [0.5, 0.6) is 0 Å². The molecule has 20 heavy (non-hydrogen) atoms. The zero-order chi connectivity index (χ0) is 14.5. The van der Waals surface area contributed by atoms with Crippen molar-refractivity contribution < 1.29 is 0 Å². The van der Waals surface area contributed by atoms with Crippen LogP contribution in [0.25, 0.3) is 0 Å². The van der Waals surface area contributed by atoms with Gasteiger partial charge in [-0.15, -0.1) is 0 Å². The van der Waals surface area contributed by atoms with Gasteiger partial charge in [0.15, 0.2) is 0 Å². The smallest absolute Gasteiger partial charge is 0.136 e. The maximum atomic E-state index is 5.99. The van der Waals surface area contributed by atoms with E-state index in [1.807, 2.05) is 37.3 Å². The first-order valence-electron chi connectivity index (χ1n) is 6.75. The number of aromatic nitrogens is 2. The Labute approximate surface area is 124 Å². The first kappa shape index (κ1) is 14.6. The molecular weight excluding hydrogens is 272 g/mol. The van der Waals surface area contributed by atoms with Gasteiger partial charge in [-0.2, -0.15) is 0 Å². The lowest BCUT2D eigenvalue weighted by atomic mass is 10.3. The van der Waals surface area contributed by atoms with E-state index in [1.54, 1.807) is 0 Å². The summed E-state index contributed by atoms with van der Waals surface area (Å²) in [5.41, 5.74) is 0.918. The largest absolute Gasteiger partial charge is 0.357 e. The van der Waals surface area contributed by atoms with Gasteiger partial charge < -0.3 is 10.2 Å². The van der Waals surface area contributed by atoms with E-state index in [2.05, 4.69) is 34.0 Å². The Morgan fingerprint density at radius 2 is 1.90 bits per heavy atom. The standard InChI is InChI=1S/C15H19ClN4/c1-4-20(5-2)15-10-14(17-11(3)18-15)19-13-8-6-7-12(16)9-13/h6-10H,4-5H2,1-3H3,(H,17,18,19). The average Bonchev–Trinajstić information content (AvgIpc) is 2.39. The molecule has 0 fully saturated rings. The van der Waals surface area contributed by atoms with Crippen molar-refractivity contribution >= 4 is 28.9 Å². The molecule has 1 aromatic carbocycles. The van der Waals surface area contributed by atoms with Gasteiger partial charge in [0.2, 0.25) is 0 Å². The van der Waals surface area contributed by atoms with Gasteiger partial charge in [-0.3, -0.25) is 0 Å². The first-order chi connectivity index (χ1) is 9.62. The molecule has 4 nitrogen and oxygen atoms in total. The summed E-state index contributed by atoms with van der Waals surface area (Å²) in [5, 5.41) is 3.97. The predicted molar refractivity (Wildman–Crippen MR) is 85.1 cm³/mol. The molecule has 1 aromatic heterocycles. The molecule has 0 spiro atoms. The maximum Gasteiger partial charge on any atom is 0.136 e. The molecule has 2 aromatic rings. The molecule has 0 atom stereocenters. The molecule has 5 heteroatoms. The van der Waals surface area contributed by atoms with Gasteiger partial charge >= 0.3 is 0 Å². The second-order valence-electron chi connectivity index (χ2n) is 4.47. The Hall–Kier alpha value is -1.81. The minimum atomic E-state index is 0.699. The minimum Gasteiger partial charge on any atom is -0.357 e. The lowest BCUT2D eigenvalue weighted by Crippen LogP contribution is -2.23. The van der Waals surface area contributed by atoms with Gasteiger partial charge in [-0.25, -0.2) is 9.97 Å². The van der Waals surface area contributed by atoms with Crippen LogP contribution in [0.15, 0.2) is 30.3 Å². The minimum absolute atomic E-state index is 0.699. The van der Waals surface area contributed by atoms with Crippen molar-refractivity contribution in [3.63, 3.8) is 0 Å². The number of benzene rings is 1. The molecule has 2 rings (SSSR count). The number of rotatable bonds is 5. The number of aryl methyl sites for hydroxylation is 1. The third kappa shape index (κ3) is 3.61. The topological polar surface area (TPSA) is 41.0 Å². The quantitative estimate of drug-likeness (QED) is 0.903. The van der Waals surface area contributed by atoms with Crippen LogP contribution in [0.1, 0.15) is 19.7 Å². The van der Waals surface area contributed by atoms with Gasteiger partial charge in [-0.05, 0) is 39.0 Å². The van der Waals surface area contributed by atoms with E-state index in [0.717, 1.165) is 36.2 Å². The van der Waals surface area contributed by atoms with Crippen molar-refractivity contribution in [2.24, 2.45) is 0 Å². The van der Waals surface area contributed by atoms with Crippen LogP contribution < -0.4 is 10.2 Å². The average molecular weight is 291 g/mol. The zero-order valence-electron chi connectivity index (χ0n) is 12.0. The molecular formula is C15H19ClN4. The van der Waals surface area contributed by atoms with E-state index in [1.165, 1.54) is 0 Å². The molecule has 106 valence electrons. The molecule has 0 aliphatic heterocycles. The Bertz CT molecular complexity index is 582. The molecule has 0 aliphatic carbocycles. The molecule has 0 unspecified atom stereocenters. The van der Waals surface area contributed by atoms with Gasteiger partial charge in [-0.1, -0.05) is 17.7 Å². The fraction of sp³-hybridized carbons (Fsp3) is 0.333. The van der Waals surface area contributed by atoms with Crippen LogP contribution in [0.4, 0.5) is 17.3 Å². The Morgan fingerprint density at radius 1 is 1.15 bits per heavy atom. The molecule has 0 saturated heterocycles. The monoisotopic (exact) mass is 290 g/mol. The normalized spacial score (nSPS) is 10.4. The summed E-state index contributed by atoms with van der Waals surface area (Å²) in [7, 11) is 0. The SMILES string of the molecule is CCN(CC)c1cc(Nc2cccc(Cl)c2)nc(C)n1. The summed E-state index contributed by atoms with van der Waals surface area (Å²) in [4.78, 5) is 11.1. The zero-order valence-corrected chi connectivity index (χ0v) is 12.8. The second-order valence-corrected chi connectivity index (χ2v) is 4.90. The maximum absolute atomic E-state index is 5.99. The second kappa shape index (κ2) is 6.57. The highest BCUT2D eigenvalue weighted by Gasteiger charge is 2.07. The summed E-state index contributed by atoms with van der Waals surface area (Å²) < 4.78 is 0. The van der Waals surface area contributed by atoms with E-state index >= 15 is 0 Å². The van der Waals surface area contributed by atoms with Gasteiger partial charge in [0.1, 0.15) is 17.5 Å². The number of halogens is 1. The third-order valence-corrected chi connectivity index (χ3v) is 3.24. The van der Waals surface area contributed by atoms with Crippen LogP contribution in [0, 0.1) is 6.92 Å². The lowest BCUT2D eigenvalue weighted by Gasteiger charge is -2.20. The van der Waals surface area contributed by atoms with E-state index in [0.29, 0.717) is 5.02 Å². The number of hydrogen-bond acceptors (Lipinski definition) is 4. The number of nitrogens with one attached hydrogen (secondary N) is 1. The van der Waals surface area contributed by atoms with E-state index in [9.17, 15) is 0 Å². The van der Waals surface area contributed by atoms with Crippen LogP contribution in [-0.2, 0) is 0 Å². The summed E-state index contributed by atoms with van der Waals surface area (Å²) in [6.07, 6.45) is 0. The fourth-order valence-corrected chi connectivity index (χ4v) is 2.23. The molecule has 0 radical (unpaired) electrons. The number of nitrogens with zero attached hydrogens (tertiary/aromatic N) is 3. The lowest BCUT2D eigenvalue weighted by molar-refractivity contribution is 0.835. The number of anilines is 3. The Balaban J connectivity index is 2.28. The highest BCUT2D eigenvalue weighted by atomic mass is 35.5. The summed E-state index contributed by atoms with van der Waals surface area (Å²) in [5.74, 6) is 2.47. The summed E-state index contributed by atoms with van der Waals surface area (Å²) in [6, 6.07) is 9.54. The van der Waals surface area contributed by atoms with Crippen LogP contribution in [0.3, 0.4) is 0 Å². The number of hydrogen-bond donors (Lipinski definition) is 1. The van der Waals surface area contributed by atoms with Gasteiger partial charge in [0.25, 0.3) is 0 Å². The fourth-order valence-electron chi connectivity index (χ4n) is 2.04. The summed E-state index contributed by atoms with van der Waals surface area (Å²) in [6.45, 7) is 7.97. The highest BCUT2D eigenvalue weighted by Crippen LogP contribution is 2.21. The van der Waals surface area contributed by atoms with Crippen molar-refractivity contribution in [2.75, 3.05) is 23.3 Å². The first-order valence-corrected chi connectivity index (χ1v) is 7.13. The van der Waals surface area contributed by atoms with Gasteiger partial charge in [0, 0.05) is 29.9 Å². The molecule has 0 aliphatic rings. The molecule has 0 bridgehead atoms. The molecule has 0 amide bonds. The van der Waals surface area contributed by atoms with Crippen LogP contribution >= 0.6 is 11.6 Å². The highest BCUT2D eigenvalue weighted by molar-refractivity contribution is 6.30. The molecule has 0 saturated carbocycles. The van der Waals surface area contributed by atoms with Gasteiger partial charge in [0.05, 0.1) is 0 Å². The molecule has 1 N–H and O–H groups in total. The van der Waals surface area contributed by atoms with Crippen molar-refractivity contribution in [3.8, 4) is 0 Å². The molecule has 1 heterocycles. The van der Waals surface area contributed by atoms with Crippen LogP contribution in [-0.4, -0.2) is 23.1 Å².